The number of hydrogen-bond donors (Lipinski definition) is 0. The average molecular weight is 1050 g/mol. The van der Waals surface area contributed by atoms with Crippen molar-refractivity contribution in [2.45, 2.75) is 55.3 Å². The lowest BCUT2D eigenvalue weighted by molar-refractivity contribution is 0.327. The lowest BCUT2D eigenvalue weighted by Gasteiger charge is -2.34. The van der Waals surface area contributed by atoms with E-state index in [2.05, 4.69) is 264 Å². The first kappa shape index (κ1) is 45.5. The molecular weight excluding hydrogens is 989 g/mol. The molecule has 2 heteroatoms. The van der Waals surface area contributed by atoms with E-state index in [0.717, 1.165) is 25.7 Å². The molecule has 0 N–H and O–H groups in total. The van der Waals surface area contributed by atoms with Crippen LogP contribution in [0.3, 0.4) is 0 Å². The predicted octanol–water partition coefficient (Wildman–Crippen LogP) is 19.6. The number of allylic oxidation sites excluding steroid dienone is 9. The summed E-state index contributed by atoms with van der Waals surface area (Å²) in [7, 11) is 0. The largest absolute Gasteiger partial charge is 0.313 e. The van der Waals surface area contributed by atoms with Gasteiger partial charge in [-0.05, 0) is 193 Å². The van der Waals surface area contributed by atoms with E-state index >= 15 is 0 Å². The second-order valence-corrected chi connectivity index (χ2v) is 25.0. The van der Waals surface area contributed by atoms with E-state index in [-0.39, 0.29) is 10.8 Å². The van der Waals surface area contributed by atoms with Crippen LogP contribution in [-0.4, -0.2) is 9.13 Å². The quantitative estimate of drug-likeness (QED) is 0.156. The fourth-order valence-electron chi connectivity index (χ4n) is 18.0. The molecule has 0 aliphatic heterocycles. The molecule has 10 aromatic carbocycles. The summed E-state index contributed by atoms with van der Waals surface area (Å²) >= 11 is 0. The molecule has 82 heavy (non-hydrogen) atoms. The molecule has 2 aromatic heterocycles. The number of nitrogens with zero attached hydrogens (tertiary/aromatic N) is 2. The molecule has 0 bridgehead atoms. The Labute approximate surface area is 478 Å². The Bertz CT molecular complexity index is 4880. The molecule has 7 aliphatic carbocycles. The lowest BCUT2D eigenvalue weighted by Crippen LogP contribution is -2.29. The number of para-hydroxylation sites is 3. The topological polar surface area (TPSA) is 9.86 Å². The molecular formula is C80H58N2. The molecule has 4 unspecified atom stereocenters. The molecule has 0 amide bonds. The zero-order valence-corrected chi connectivity index (χ0v) is 45.7. The van der Waals surface area contributed by atoms with Crippen LogP contribution < -0.4 is 0 Å². The second kappa shape index (κ2) is 16.7. The van der Waals surface area contributed by atoms with Gasteiger partial charge in [0.1, 0.15) is 0 Å². The van der Waals surface area contributed by atoms with Crippen molar-refractivity contribution in [3.05, 3.63) is 293 Å². The third kappa shape index (κ3) is 6.04. The Morgan fingerprint density at radius 3 is 1.68 bits per heavy atom. The fourth-order valence-corrected chi connectivity index (χ4v) is 18.0. The van der Waals surface area contributed by atoms with Gasteiger partial charge in [-0.1, -0.05) is 206 Å². The monoisotopic (exact) mass is 1050 g/mol. The van der Waals surface area contributed by atoms with E-state index in [1.165, 1.54) is 151 Å². The molecule has 4 atom stereocenters. The SMILES string of the molecule is C1=CC2CC3(CC2C=C1)c1cc(-c2c4ccc(-n5c6c(c7ccccc75)C=CCC6)cc4c(-c4ccc5c(c4)C4(Cc6ccccc6C4)c4ccccc4-5)c4ccc(-n5c6ccccc6c6ccccc65)cc24)ccc1C1C=CC=CC13. The summed E-state index contributed by atoms with van der Waals surface area (Å²) in [6.07, 6.45) is 30.5. The minimum Gasteiger partial charge on any atom is -0.313 e. The Balaban J connectivity index is 0.930. The highest BCUT2D eigenvalue weighted by atomic mass is 15.0. The summed E-state index contributed by atoms with van der Waals surface area (Å²) in [5.74, 6) is 1.92. The van der Waals surface area contributed by atoms with E-state index in [1.54, 1.807) is 5.56 Å². The third-order valence-corrected chi connectivity index (χ3v) is 21.3. The summed E-state index contributed by atoms with van der Waals surface area (Å²) in [4.78, 5) is 0. The highest BCUT2D eigenvalue weighted by Crippen LogP contribution is 2.64. The Kier molecular flexibility index (Phi) is 9.25. The van der Waals surface area contributed by atoms with E-state index in [4.69, 9.17) is 0 Å². The maximum atomic E-state index is 2.70. The first-order valence-corrected chi connectivity index (χ1v) is 30.1. The maximum absolute atomic E-state index is 2.70. The fraction of sp³-hybridized carbons (Fsp3) is 0.150. The normalized spacial score (nSPS) is 21.8. The van der Waals surface area contributed by atoms with Crippen LogP contribution in [0.2, 0.25) is 0 Å². The van der Waals surface area contributed by atoms with Crippen molar-refractivity contribution in [2.24, 2.45) is 17.8 Å². The lowest BCUT2D eigenvalue weighted by atomic mass is 9.69. The van der Waals surface area contributed by atoms with Crippen molar-refractivity contribution in [1.29, 1.82) is 0 Å². The van der Waals surface area contributed by atoms with Gasteiger partial charge in [-0.25, -0.2) is 0 Å². The third-order valence-electron chi connectivity index (χ3n) is 21.3. The van der Waals surface area contributed by atoms with Gasteiger partial charge in [0.25, 0.3) is 0 Å². The van der Waals surface area contributed by atoms with Gasteiger partial charge in [0, 0.05) is 55.5 Å². The van der Waals surface area contributed by atoms with Crippen LogP contribution >= 0.6 is 0 Å². The Morgan fingerprint density at radius 1 is 0.415 bits per heavy atom. The molecule has 0 radical (unpaired) electrons. The van der Waals surface area contributed by atoms with E-state index in [1.807, 2.05) is 0 Å². The molecule has 0 saturated heterocycles. The van der Waals surface area contributed by atoms with Crippen molar-refractivity contribution in [2.75, 3.05) is 0 Å². The minimum atomic E-state index is -0.145. The maximum Gasteiger partial charge on any atom is 0.0541 e. The minimum absolute atomic E-state index is 0.0410. The molecule has 1 fully saturated rings. The summed E-state index contributed by atoms with van der Waals surface area (Å²) < 4.78 is 5.12. The summed E-state index contributed by atoms with van der Waals surface area (Å²) in [5, 5.41) is 9.02. The smallest absolute Gasteiger partial charge is 0.0541 e. The van der Waals surface area contributed by atoms with Crippen LogP contribution in [0, 0.1) is 17.8 Å². The van der Waals surface area contributed by atoms with E-state index < -0.39 is 0 Å². The van der Waals surface area contributed by atoms with Crippen LogP contribution in [0.1, 0.15) is 69.8 Å². The first-order valence-electron chi connectivity index (χ1n) is 30.1. The Morgan fingerprint density at radius 2 is 0.976 bits per heavy atom. The molecule has 12 aromatic rings. The van der Waals surface area contributed by atoms with Crippen molar-refractivity contribution in [3.63, 3.8) is 0 Å². The molecule has 2 nitrogen and oxygen atoms in total. The van der Waals surface area contributed by atoms with Gasteiger partial charge in [-0.15, -0.1) is 0 Å². The standard InChI is InChI=1S/C80H58N2/c1-2-18-52-46-79(45-51(52)17-1)69-27-11-5-21-57(69)59-37-33-49(41-71(59)79)77-65-39-35-56(82-75-31-15-9-25-63(75)64-26-10-16-32-76(64)82)44-68(65)78(66-40-36-55(43-67(66)77)81-73-29-13-7-23-61(73)62-24-8-14-30-74(62)81)50-34-38-60-58-22-6-12-28-70(58)80(72(60)42-50)47-53-19-3-4-20-54(53)48-80/h1-15,17-31,33-44,51-52,57,69H,16,32,45-48H2. The zero-order chi connectivity index (χ0) is 53.4. The van der Waals surface area contributed by atoms with Gasteiger partial charge in [0.2, 0.25) is 0 Å². The first-order chi connectivity index (χ1) is 40.6. The zero-order valence-electron chi connectivity index (χ0n) is 45.7. The number of hydrogen-bond acceptors (Lipinski definition) is 0. The van der Waals surface area contributed by atoms with Crippen LogP contribution in [0.5, 0.6) is 0 Å². The summed E-state index contributed by atoms with van der Waals surface area (Å²) in [6.45, 7) is 0. The number of benzene rings is 10. The highest BCUT2D eigenvalue weighted by molar-refractivity contribution is 6.23. The summed E-state index contributed by atoms with van der Waals surface area (Å²) in [5.41, 5.74) is 25.7. The van der Waals surface area contributed by atoms with Gasteiger partial charge in [-0.3, -0.25) is 0 Å². The van der Waals surface area contributed by atoms with Crippen molar-refractivity contribution in [1.82, 2.24) is 9.13 Å². The average Bonchev–Trinajstić information content (AvgIpc) is 2.82. The van der Waals surface area contributed by atoms with Crippen LogP contribution in [0.4, 0.5) is 0 Å². The number of aromatic nitrogens is 2. The van der Waals surface area contributed by atoms with Gasteiger partial charge < -0.3 is 9.13 Å². The molecule has 388 valence electrons. The van der Waals surface area contributed by atoms with E-state index in [0.29, 0.717) is 23.7 Å². The summed E-state index contributed by atoms with van der Waals surface area (Å²) in [6, 6.07) is 76.0. The molecule has 19 rings (SSSR count). The number of fused-ring (bicyclic) bond motifs is 20. The predicted molar refractivity (Wildman–Crippen MR) is 342 cm³/mol. The molecule has 2 spiro atoms. The van der Waals surface area contributed by atoms with Crippen molar-refractivity contribution < 1.29 is 0 Å². The number of rotatable bonds is 4. The molecule has 2 heterocycles. The van der Waals surface area contributed by atoms with Gasteiger partial charge >= 0.3 is 0 Å². The van der Waals surface area contributed by atoms with E-state index in [9.17, 15) is 0 Å². The van der Waals surface area contributed by atoms with Gasteiger partial charge in [0.15, 0.2) is 0 Å². The van der Waals surface area contributed by atoms with Gasteiger partial charge in [0.05, 0.1) is 16.6 Å². The van der Waals surface area contributed by atoms with Crippen molar-refractivity contribution in [3.8, 4) is 44.8 Å². The molecule has 1 saturated carbocycles. The second-order valence-electron chi connectivity index (χ2n) is 25.0. The highest BCUT2D eigenvalue weighted by Gasteiger charge is 2.56. The Hall–Kier alpha value is -9.24. The van der Waals surface area contributed by atoms with Crippen molar-refractivity contribution >= 4 is 60.3 Å². The van der Waals surface area contributed by atoms with Crippen LogP contribution in [0.25, 0.3) is 105 Å². The molecule has 7 aliphatic rings. The van der Waals surface area contributed by atoms with Crippen LogP contribution in [-0.2, 0) is 30.1 Å². The van der Waals surface area contributed by atoms with Gasteiger partial charge in [-0.2, -0.15) is 0 Å². The van der Waals surface area contributed by atoms with Crippen LogP contribution in [0.15, 0.2) is 249 Å².